The zero-order chi connectivity index (χ0) is 19.4. The standard InChI is InChI=1S/C20H22ClFN2O3/c1-26-15-10-14(11-16(12-15)27-2)20(25)24-8-6-23(7-9-24)13-17-18(21)4-3-5-19(17)22/h3-5,10-12H,6-9,13H2,1-2H3. The fraction of sp³-hybridized carbons (Fsp3) is 0.350. The van der Waals surface area contributed by atoms with Gasteiger partial charge < -0.3 is 14.4 Å². The number of hydrogen-bond acceptors (Lipinski definition) is 4. The van der Waals surface area contributed by atoms with Crippen molar-refractivity contribution in [1.82, 2.24) is 9.80 Å². The van der Waals surface area contributed by atoms with Crippen molar-refractivity contribution in [3.8, 4) is 11.5 Å². The number of methoxy groups -OCH3 is 2. The van der Waals surface area contributed by atoms with E-state index in [-0.39, 0.29) is 11.7 Å². The van der Waals surface area contributed by atoms with E-state index in [1.54, 1.807) is 49.5 Å². The number of piperazine rings is 1. The molecule has 144 valence electrons. The molecule has 1 heterocycles. The van der Waals surface area contributed by atoms with E-state index in [0.29, 0.717) is 60.4 Å². The quantitative estimate of drug-likeness (QED) is 0.781. The molecule has 1 fully saturated rings. The van der Waals surface area contributed by atoms with Crippen molar-refractivity contribution >= 4 is 17.5 Å². The molecule has 0 aromatic heterocycles. The lowest BCUT2D eigenvalue weighted by atomic mass is 10.1. The Morgan fingerprint density at radius 3 is 2.26 bits per heavy atom. The summed E-state index contributed by atoms with van der Waals surface area (Å²) < 4.78 is 24.4. The van der Waals surface area contributed by atoms with E-state index in [9.17, 15) is 9.18 Å². The van der Waals surface area contributed by atoms with Crippen molar-refractivity contribution in [2.24, 2.45) is 0 Å². The number of nitrogens with zero attached hydrogens (tertiary/aromatic N) is 2. The van der Waals surface area contributed by atoms with Crippen LogP contribution >= 0.6 is 11.6 Å². The SMILES string of the molecule is COc1cc(OC)cc(C(=O)N2CCN(Cc3c(F)cccc3Cl)CC2)c1. The Morgan fingerprint density at radius 1 is 1.07 bits per heavy atom. The summed E-state index contributed by atoms with van der Waals surface area (Å²) in [6.07, 6.45) is 0. The second kappa shape index (κ2) is 8.59. The molecule has 2 aromatic carbocycles. The number of hydrogen-bond donors (Lipinski definition) is 0. The molecule has 0 aliphatic carbocycles. The van der Waals surface area contributed by atoms with Crippen LogP contribution in [0.3, 0.4) is 0 Å². The van der Waals surface area contributed by atoms with E-state index < -0.39 is 0 Å². The third-order valence-electron chi connectivity index (χ3n) is 4.70. The van der Waals surface area contributed by atoms with E-state index in [2.05, 4.69) is 4.90 Å². The van der Waals surface area contributed by atoms with Gasteiger partial charge in [-0.3, -0.25) is 9.69 Å². The molecule has 0 atom stereocenters. The summed E-state index contributed by atoms with van der Waals surface area (Å²) in [6.45, 7) is 2.85. The maximum absolute atomic E-state index is 14.0. The van der Waals surface area contributed by atoms with Gasteiger partial charge in [0.2, 0.25) is 0 Å². The molecule has 0 radical (unpaired) electrons. The summed E-state index contributed by atoms with van der Waals surface area (Å²) in [6, 6.07) is 9.84. The molecule has 3 rings (SSSR count). The second-order valence-corrected chi connectivity index (χ2v) is 6.78. The lowest BCUT2D eigenvalue weighted by Crippen LogP contribution is -2.48. The van der Waals surface area contributed by atoms with Crippen LogP contribution in [-0.2, 0) is 6.54 Å². The first kappa shape index (κ1) is 19.5. The van der Waals surface area contributed by atoms with Crippen LogP contribution in [0.4, 0.5) is 4.39 Å². The average molecular weight is 393 g/mol. The Hall–Kier alpha value is -2.31. The summed E-state index contributed by atoms with van der Waals surface area (Å²) in [4.78, 5) is 16.7. The van der Waals surface area contributed by atoms with Gasteiger partial charge in [-0.05, 0) is 24.3 Å². The van der Waals surface area contributed by atoms with Crippen molar-refractivity contribution in [2.75, 3.05) is 40.4 Å². The lowest BCUT2D eigenvalue weighted by Gasteiger charge is -2.35. The van der Waals surface area contributed by atoms with Gasteiger partial charge in [0, 0.05) is 54.9 Å². The molecule has 1 amide bonds. The molecule has 5 nitrogen and oxygen atoms in total. The van der Waals surface area contributed by atoms with Crippen LogP contribution in [0.25, 0.3) is 0 Å². The lowest BCUT2D eigenvalue weighted by molar-refractivity contribution is 0.0626. The molecule has 7 heteroatoms. The maximum atomic E-state index is 14.0. The molecule has 27 heavy (non-hydrogen) atoms. The average Bonchev–Trinajstić information content (AvgIpc) is 2.70. The van der Waals surface area contributed by atoms with E-state index in [0.717, 1.165) is 0 Å². The Morgan fingerprint density at radius 2 is 1.70 bits per heavy atom. The largest absolute Gasteiger partial charge is 0.497 e. The van der Waals surface area contributed by atoms with Gasteiger partial charge in [-0.25, -0.2) is 4.39 Å². The van der Waals surface area contributed by atoms with Crippen LogP contribution in [0.1, 0.15) is 15.9 Å². The molecule has 1 aliphatic heterocycles. The molecule has 1 saturated heterocycles. The molecule has 1 aliphatic rings. The van der Waals surface area contributed by atoms with E-state index in [4.69, 9.17) is 21.1 Å². The van der Waals surface area contributed by atoms with Crippen LogP contribution in [-0.4, -0.2) is 56.1 Å². The van der Waals surface area contributed by atoms with Crippen molar-refractivity contribution in [3.05, 3.63) is 58.4 Å². The summed E-state index contributed by atoms with van der Waals surface area (Å²) >= 11 is 6.11. The highest BCUT2D eigenvalue weighted by Gasteiger charge is 2.24. The number of benzene rings is 2. The van der Waals surface area contributed by atoms with Crippen LogP contribution < -0.4 is 9.47 Å². The number of carbonyl (C=O) groups excluding carboxylic acids is 1. The van der Waals surface area contributed by atoms with Crippen molar-refractivity contribution in [3.63, 3.8) is 0 Å². The molecular weight excluding hydrogens is 371 g/mol. The van der Waals surface area contributed by atoms with Gasteiger partial charge in [0.05, 0.1) is 14.2 Å². The number of ether oxygens (including phenoxy) is 2. The smallest absolute Gasteiger partial charge is 0.254 e. The Labute approximate surface area is 163 Å². The van der Waals surface area contributed by atoms with Crippen molar-refractivity contribution in [2.45, 2.75) is 6.54 Å². The highest BCUT2D eigenvalue weighted by molar-refractivity contribution is 6.31. The van der Waals surface area contributed by atoms with Gasteiger partial charge in [0.25, 0.3) is 5.91 Å². The van der Waals surface area contributed by atoms with Crippen LogP contribution in [0.5, 0.6) is 11.5 Å². The molecule has 0 unspecified atom stereocenters. The first-order chi connectivity index (χ1) is 13.0. The number of amides is 1. The van der Waals surface area contributed by atoms with E-state index >= 15 is 0 Å². The summed E-state index contributed by atoms with van der Waals surface area (Å²) in [5.41, 5.74) is 1.02. The molecule has 2 aromatic rings. The maximum Gasteiger partial charge on any atom is 0.254 e. The first-order valence-corrected chi connectivity index (χ1v) is 9.07. The zero-order valence-corrected chi connectivity index (χ0v) is 16.1. The predicted molar refractivity (Wildman–Crippen MR) is 102 cm³/mol. The fourth-order valence-electron chi connectivity index (χ4n) is 3.13. The molecular formula is C20H22ClFN2O3. The second-order valence-electron chi connectivity index (χ2n) is 6.37. The molecule has 0 saturated carbocycles. The third-order valence-corrected chi connectivity index (χ3v) is 5.06. The minimum absolute atomic E-state index is 0.0734. The highest BCUT2D eigenvalue weighted by Crippen LogP contribution is 2.25. The number of halogens is 2. The highest BCUT2D eigenvalue weighted by atomic mass is 35.5. The van der Waals surface area contributed by atoms with Crippen LogP contribution in [0, 0.1) is 5.82 Å². The molecule has 0 N–H and O–H groups in total. The van der Waals surface area contributed by atoms with Crippen LogP contribution in [0.15, 0.2) is 36.4 Å². The monoisotopic (exact) mass is 392 g/mol. The third kappa shape index (κ3) is 4.51. The first-order valence-electron chi connectivity index (χ1n) is 8.69. The normalized spacial score (nSPS) is 14.9. The van der Waals surface area contributed by atoms with Gasteiger partial charge in [0.1, 0.15) is 17.3 Å². The fourth-order valence-corrected chi connectivity index (χ4v) is 3.35. The predicted octanol–water partition coefficient (Wildman–Crippen LogP) is 3.45. The van der Waals surface area contributed by atoms with E-state index in [1.807, 2.05) is 0 Å². The van der Waals surface area contributed by atoms with Crippen molar-refractivity contribution in [1.29, 1.82) is 0 Å². The minimum atomic E-state index is -0.301. The zero-order valence-electron chi connectivity index (χ0n) is 15.4. The Balaban J connectivity index is 1.64. The van der Waals surface area contributed by atoms with Gasteiger partial charge in [0.15, 0.2) is 0 Å². The molecule has 0 spiro atoms. The van der Waals surface area contributed by atoms with Gasteiger partial charge in [-0.15, -0.1) is 0 Å². The van der Waals surface area contributed by atoms with Gasteiger partial charge >= 0.3 is 0 Å². The number of carbonyl (C=O) groups is 1. The summed E-state index contributed by atoms with van der Waals surface area (Å²) in [5, 5.41) is 0.428. The van der Waals surface area contributed by atoms with Gasteiger partial charge in [-0.1, -0.05) is 17.7 Å². The van der Waals surface area contributed by atoms with Crippen molar-refractivity contribution < 1.29 is 18.7 Å². The molecule has 0 bridgehead atoms. The summed E-state index contributed by atoms with van der Waals surface area (Å²) in [7, 11) is 3.10. The topological polar surface area (TPSA) is 42.0 Å². The van der Waals surface area contributed by atoms with Crippen LogP contribution in [0.2, 0.25) is 5.02 Å². The summed E-state index contributed by atoms with van der Waals surface area (Å²) in [5.74, 6) is 0.774. The van der Waals surface area contributed by atoms with Gasteiger partial charge in [-0.2, -0.15) is 0 Å². The Bertz CT molecular complexity index is 780. The van der Waals surface area contributed by atoms with E-state index in [1.165, 1.54) is 6.07 Å². The minimum Gasteiger partial charge on any atom is -0.497 e. The number of rotatable bonds is 5. The Kier molecular flexibility index (Phi) is 6.19.